The molecule has 0 saturated carbocycles. The summed E-state index contributed by atoms with van der Waals surface area (Å²) >= 11 is 6.74. The largest absolute Gasteiger partial charge is 0.456 e. The molecule has 0 aliphatic heterocycles. The topological polar surface area (TPSA) is 86.5 Å². The molecule has 2 aromatic rings. The normalized spacial score (nSPS) is 11.2. The molecule has 6 nitrogen and oxygen atoms in total. The van der Waals surface area contributed by atoms with Crippen LogP contribution >= 0.6 is 23.4 Å². The fourth-order valence-electron chi connectivity index (χ4n) is 2.35. The molecule has 0 unspecified atom stereocenters. The van der Waals surface area contributed by atoms with Crippen molar-refractivity contribution in [1.29, 1.82) is 0 Å². The van der Waals surface area contributed by atoms with Crippen molar-refractivity contribution in [2.75, 3.05) is 5.75 Å². The van der Waals surface area contributed by atoms with Gasteiger partial charge in [0.15, 0.2) is 5.12 Å². The number of nitro groups is 1. The third-order valence-corrected chi connectivity index (χ3v) is 4.96. The lowest BCUT2D eigenvalue weighted by Crippen LogP contribution is -2.05. The molecule has 2 rings (SSSR count). The quantitative estimate of drug-likeness (QED) is 0.362. The van der Waals surface area contributed by atoms with E-state index in [0.717, 1.165) is 30.0 Å². The van der Waals surface area contributed by atoms with E-state index in [9.17, 15) is 32.9 Å². The Bertz CT molecular complexity index is 981. The van der Waals surface area contributed by atoms with Gasteiger partial charge in [0.05, 0.1) is 15.5 Å². The molecule has 0 radical (unpaired) electrons. The SMILES string of the molecule is CC(=O)CCSC(=O)Cc1cc(Oc2ccc(C(F)(F)F)cc2Cl)ccc1[N+](=O)[O-]. The van der Waals surface area contributed by atoms with Gasteiger partial charge in [0.1, 0.15) is 17.3 Å². The van der Waals surface area contributed by atoms with Crippen molar-refractivity contribution < 1.29 is 32.4 Å². The van der Waals surface area contributed by atoms with Gasteiger partial charge in [-0.2, -0.15) is 13.2 Å². The highest BCUT2D eigenvalue weighted by atomic mass is 35.5. The van der Waals surface area contributed by atoms with Crippen LogP contribution in [0, 0.1) is 10.1 Å². The van der Waals surface area contributed by atoms with Gasteiger partial charge in [-0.1, -0.05) is 23.4 Å². The van der Waals surface area contributed by atoms with E-state index >= 15 is 0 Å². The van der Waals surface area contributed by atoms with Gasteiger partial charge in [0, 0.05) is 30.2 Å². The van der Waals surface area contributed by atoms with E-state index in [1.807, 2.05) is 0 Å². The molecule has 11 heteroatoms. The number of rotatable bonds is 8. The molecule has 0 aromatic heterocycles. The Morgan fingerprint density at radius 1 is 1.20 bits per heavy atom. The van der Waals surface area contributed by atoms with Crippen LogP contribution in [0.3, 0.4) is 0 Å². The first kappa shape index (κ1) is 23.7. The maximum atomic E-state index is 12.7. The summed E-state index contributed by atoms with van der Waals surface area (Å²) in [5.74, 6) is 0.176. The molecule has 0 aliphatic carbocycles. The summed E-state index contributed by atoms with van der Waals surface area (Å²) in [5.41, 5.74) is -1.18. The third kappa shape index (κ3) is 6.74. The Hall–Kier alpha value is -2.59. The number of hydrogen-bond donors (Lipinski definition) is 0. The van der Waals surface area contributed by atoms with Crippen LogP contribution in [0.25, 0.3) is 0 Å². The fraction of sp³-hybridized carbons (Fsp3) is 0.263. The summed E-state index contributed by atoms with van der Waals surface area (Å²) in [6.07, 6.45) is -4.64. The Labute approximate surface area is 178 Å². The maximum absolute atomic E-state index is 12.7. The van der Waals surface area contributed by atoms with Crippen LogP contribution in [0.15, 0.2) is 36.4 Å². The number of Topliss-reactive ketones (excluding diaryl/α,β-unsaturated/α-hetero) is 1. The number of ketones is 1. The van der Waals surface area contributed by atoms with Gasteiger partial charge >= 0.3 is 6.18 Å². The molecule has 0 saturated heterocycles. The zero-order valence-corrected chi connectivity index (χ0v) is 17.1. The molecule has 160 valence electrons. The van der Waals surface area contributed by atoms with E-state index in [1.165, 1.54) is 19.1 Å². The summed E-state index contributed by atoms with van der Waals surface area (Å²) in [4.78, 5) is 33.6. The van der Waals surface area contributed by atoms with Crippen molar-refractivity contribution in [3.63, 3.8) is 0 Å². The van der Waals surface area contributed by atoms with E-state index in [4.69, 9.17) is 16.3 Å². The molecule has 0 bridgehead atoms. The summed E-state index contributed by atoms with van der Waals surface area (Å²) in [5, 5.41) is 10.6. The summed E-state index contributed by atoms with van der Waals surface area (Å²) < 4.78 is 43.7. The van der Waals surface area contributed by atoms with Crippen LogP contribution in [-0.4, -0.2) is 21.6 Å². The van der Waals surface area contributed by atoms with E-state index < -0.39 is 16.7 Å². The first-order valence-electron chi connectivity index (χ1n) is 8.44. The second kappa shape index (κ2) is 9.94. The number of benzene rings is 2. The molecule has 2 aromatic carbocycles. The van der Waals surface area contributed by atoms with E-state index in [-0.39, 0.29) is 57.3 Å². The summed E-state index contributed by atoms with van der Waals surface area (Å²) in [6, 6.07) is 6.19. The Kier molecular flexibility index (Phi) is 7.85. The molecule has 0 heterocycles. The minimum atomic E-state index is -4.57. The number of halogens is 4. The molecule has 0 amide bonds. The van der Waals surface area contributed by atoms with Gasteiger partial charge < -0.3 is 4.74 Å². The van der Waals surface area contributed by atoms with Gasteiger partial charge in [-0.05, 0) is 37.3 Å². The highest BCUT2D eigenvalue weighted by molar-refractivity contribution is 8.13. The van der Waals surface area contributed by atoms with Crippen LogP contribution in [-0.2, 0) is 22.2 Å². The van der Waals surface area contributed by atoms with Gasteiger partial charge in [-0.3, -0.25) is 19.7 Å². The first-order valence-corrected chi connectivity index (χ1v) is 9.80. The minimum absolute atomic E-state index is 0.0683. The smallest absolute Gasteiger partial charge is 0.416 e. The lowest BCUT2D eigenvalue weighted by molar-refractivity contribution is -0.385. The number of nitrogens with zero attached hydrogens (tertiary/aromatic N) is 1. The number of carbonyl (C=O) groups excluding carboxylic acids is 2. The third-order valence-electron chi connectivity index (χ3n) is 3.79. The lowest BCUT2D eigenvalue weighted by atomic mass is 10.1. The molecular weight excluding hydrogens is 447 g/mol. The van der Waals surface area contributed by atoms with Crippen LogP contribution in [0.4, 0.5) is 18.9 Å². The first-order chi connectivity index (χ1) is 14.0. The van der Waals surface area contributed by atoms with Crippen molar-refractivity contribution in [2.45, 2.75) is 25.9 Å². The average molecular weight is 462 g/mol. The van der Waals surface area contributed by atoms with Crippen molar-refractivity contribution in [2.24, 2.45) is 0 Å². The molecule has 0 atom stereocenters. The van der Waals surface area contributed by atoms with Crippen LogP contribution in [0.2, 0.25) is 5.02 Å². The number of hydrogen-bond acceptors (Lipinski definition) is 6. The highest BCUT2D eigenvalue weighted by Gasteiger charge is 2.31. The van der Waals surface area contributed by atoms with Gasteiger partial charge in [-0.15, -0.1) is 0 Å². The lowest BCUT2D eigenvalue weighted by Gasteiger charge is -2.12. The van der Waals surface area contributed by atoms with Crippen LogP contribution in [0.5, 0.6) is 11.5 Å². The molecule has 0 fully saturated rings. The summed E-state index contributed by atoms with van der Waals surface area (Å²) in [6.45, 7) is 1.39. The zero-order valence-electron chi connectivity index (χ0n) is 15.5. The molecule has 0 spiro atoms. The van der Waals surface area contributed by atoms with E-state index in [0.29, 0.717) is 6.07 Å². The number of carbonyl (C=O) groups is 2. The van der Waals surface area contributed by atoms with Crippen molar-refractivity contribution in [3.05, 3.63) is 62.7 Å². The fourth-order valence-corrected chi connectivity index (χ4v) is 3.44. The van der Waals surface area contributed by atoms with Crippen molar-refractivity contribution in [3.8, 4) is 11.5 Å². The van der Waals surface area contributed by atoms with Crippen LogP contribution < -0.4 is 4.74 Å². The van der Waals surface area contributed by atoms with Crippen LogP contribution in [0.1, 0.15) is 24.5 Å². The monoisotopic (exact) mass is 461 g/mol. The van der Waals surface area contributed by atoms with Gasteiger partial charge in [0.25, 0.3) is 5.69 Å². The molecule has 30 heavy (non-hydrogen) atoms. The van der Waals surface area contributed by atoms with Crippen molar-refractivity contribution in [1.82, 2.24) is 0 Å². The highest BCUT2D eigenvalue weighted by Crippen LogP contribution is 2.37. The Morgan fingerprint density at radius 2 is 1.90 bits per heavy atom. The predicted octanol–water partition coefficient (Wildman–Crippen LogP) is 5.84. The number of thioether (sulfide) groups is 1. The van der Waals surface area contributed by atoms with E-state index in [2.05, 4.69) is 0 Å². The van der Waals surface area contributed by atoms with Crippen molar-refractivity contribution >= 4 is 39.9 Å². The predicted molar refractivity (Wildman–Crippen MR) is 106 cm³/mol. The van der Waals surface area contributed by atoms with Gasteiger partial charge in [0.2, 0.25) is 0 Å². The standard InChI is InChI=1S/C19H15ClF3NO5S/c1-11(25)6-7-30-18(26)9-12-8-14(3-4-16(12)24(27)28)29-17-5-2-13(10-15(17)20)19(21,22)23/h2-5,8,10H,6-7,9H2,1H3. The van der Waals surface area contributed by atoms with Gasteiger partial charge in [-0.25, -0.2) is 0 Å². The number of ether oxygens (including phenoxy) is 1. The van der Waals surface area contributed by atoms with E-state index in [1.54, 1.807) is 0 Å². The number of nitro benzene ring substituents is 1. The summed E-state index contributed by atoms with van der Waals surface area (Å²) in [7, 11) is 0. The second-order valence-corrected chi connectivity index (χ2v) is 7.70. The Morgan fingerprint density at radius 3 is 2.47 bits per heavy atom. The molecular formula is C19H15ClF3NO5S. The molecule has 0 aliphatic rings. The Balaban J connectivity index is 2.22. The number of alkyl halides is 3. The maximum Gasteiger partial charge on any atom is 0.416 e. The second-order valence-electron chi connectivity index (χ2n) is 6.14. The zero-order chi connectivity index (χ0) is 22.5. The molecule has 0 N–H and O–H groups in total. The average Bonchev–Trinajstić information content (AvgIpc) is 2.62. The minimum Gasteiger partial charge on any atom is -0.456 e.